The molecule has 0 aliphatic carbocycles. The Labute approximate surface area is 133 Å². The lowest BCUT2D eigenvalue weighted by atomic mass is 9.99. The van der Waals surface area contributed by atoms with Crippen molar-refractivity contribution in [3.63, 3.8) is 0 Å². The molecule has 1 rings (SSSR count). The molecular formula is C19H25FN2. The summed E-state index contributed by atoms with van der Waals surface area (Å²) in [4.78, 5) is 8.64. The van der Waals surface area contributed by atoms with Gasteiger partial charge in [0.1, 0.15) is 5.82 Å². The lowest BCUT2D eigenvalue weighted by Gasteiger charge is -2.09. The molecule has 0 atom stereocenters. The van der Waals surface area contributed by atoms with Crippen molar-refractivity contribution in [3.8, 4) is 0 Å². The third kappa shape index (κ3) is 4.48. The molecule has 0 unspecified atom stereocenters. The molecule has 0 fully saturated rings. The van der Waals surface area contributed by atoms with Crippen molar-refractivity contribution in [2.45, 2.75) is 48.0 Å². The summed E-state index contributed by atoms with van der Waals surface area (Å²) >= 11 is 0. The molecule has 3 heteroatoms. The van der Waals surface area contributed by atoms with E-state index in [1.165, 1.54) is 0 Å². The van der Waals surface area contributed by atoms with Gasteiger partial charge in [0.2, 0.25) is 0 Å². The molecule has 118 valence electrons. The number of halogens is 1. The highest BCUT2D eigenvalue weighted by Crippen LogP contribution is 2.23. The van der Waals surface area contributed by atoms with E-state index in [4.69, 9.17) is 0 Å². The second kappa shape index (κ2) is 8.42. The topological polar surface area (TPSA) is 24.7 Å². The van der Waals surface area contributed by atoms with E-state index in [1.54, 1.807) is 12.4 Å². The monoisotopic (exact) mass is 300 g/mol. The highest BCUT2D eigenvalue weighted by atomic mass is 19.1. The van der Waals surface area contributed by atoms with Gasteiger partial charge in [-0.3, -0.25) is 9.98 Å². The predicted molar refractivity (Wildman–Crippen MR) is 95.2 cm³/mol. The normalized spacial score (nSPS) is 14.0. The van der Waals surface area contributed by atoms with Crippen LogP contribution in [0.2, 0.25) is 0 Å². The van der Waals surface area contributed by atoms with E-state index in [1.807, 2.05) is 59.8 Å². The molecule has 0 aromatic heterocycles. The van der Waals surface area contributed by atoms with Crippen LogP contribution in [0.3, 0.4) is 0 Å². The first-order valence-electron chi connectivity index (χ1n) is 7.57. The summed E-state index contributed by atoms with van der Waals surface area (Å²) in [5.74, 6) is -0.153. The van der Waals surface area contributed by atoms with Crippen LogP contribution < -0.4 is 0 Å². The smallest absolute Gasteiger partial charge is 0.133 e. The molecule has 0 heterocycles. The number of hydrogen-bond acceptors (Lipinski definition) is 2. The fourth-order valence-corrected chi connectivity index (χ4v) is 2.05. The van der Waals surface area contributed by atoms with E-state index in [2.05, 4.69) is 9.98 Å². The van der Waals surface area contributed by atoms with Crippen molar-refractivity contribution in [2.24, 2.45) is 9.98 Å². The predicted octanol–water partition coefficient (Wildman–Crippen LogP) is 5.51. The van der Waals surface area contributed by atoms with Gasteiger partial charge in [-0.15, -0.1) is 0 Å². The molecule has 1 aromatic carbocycles. The Hall–Kier alpha value is -2.03. The Kier molecular flexibility index (Phi) is 6.90. The second-order valence-electron chi connectivity index (χ2n) is 5.29. The third-order valence-corrected chi connectivity index (χ3v) is 3.70. The standard InChI is InChI=1S/C19H25FN2/c1-7-11-21-15(5)16(6)22-12-13(3)18-10-9-17(8-2)14(4)19(18)20/h7,9-12H,8H2,1-6H3/b11-7-,13-12+,21-15?,22-16?. The van der Waals surface area contributed by atoms with Crippen LogP contribution in [0.4, 0.5) is 4.39 Å². The number of aryl methyl sites for hydroxylation is 1. The number of hydrogen-bond donors (Lipinski definition) is 0. The Bertz CT molecular complexity index is 650. The Morgan fingerprint density at radius 3 is 2.36 bits per heavy atom. The minimum Gasteiger partial charge on any atom is -0.260 e. The van der Waals surface area contributed by atoms with Crippen molar-refractivity contribution in [1.29, 1.82) is 0 Å². The molecule has 0 radical (unpaired) electrons. The molecule has 0 amide bonds. The van der Waals surface area contributed by atoms with E-state index in [0.717, 1.165) is 34.5 Å². The summed E-state index contributed by atoms with van der Waals surface area (Å²) < 4.78 is 14.4. The summed E-state index contributed by atoms with van der Waals surface area (Å²) in [5, 5.41) is 0. The van der Waals surface area contributed by atoms with Crippen molar-refractivity contribution >= 4 is 17.0 Å². The van der Waals surface area contributed by atoms with Crippen molar-refractivity contribution in [2.75, 3.05) is 0 Å². The molecule has 22 heavy (non-hydrogen) atoms. The van der Waals surface area contributed by atoms with Crippen LogP contribution in [0.15, 0.2) is 40.6 Å². The average Bonchev–Trinajstić information content (AvgIpc) is 2.52. The van der Waals surface area contributed by atoms with Crippen LogP contribution in [0.1, 0.15) is 51.3 Å². The molecule has 0 saturated heterocycles. The van der Waals surface area contributed by atoms with Crippen molar-refractivity contribution < 1.29 is 4.39 Å². The van der Waals surface area contributed by atoms with Crippen LogP contribution >= 0.6 is 0 Å². The van der Waals surface area contributed by atoms with Gasteiger partial charge in [0.25, 0.3) is 0 Å². The van der Waals surface area contributed by atoms with Gasteiger partial charge in [0, 0.05) is 18.0 Å². The van der Waals surface area contributed by atoms with Gasteiger partial charge in [-0.1, -0.05) is 25.1 Å². The van der Waals surface area contributed by atoms with Gasteiger partial charge >= 0.3 is 0 Å². The molecule has 2 nitrogen and oxygen atoms in total. The fourth-order valence-electron chi connectivity index (χ4n) is 2.05. The zero-order valence-corrected chi connectivity index (χ0v) is 14.4. The molecular weight excluding hydrogens is 275 g/mol. The molecule has 0 spiro atoms. The average molecular weight is 300 g/mol. The zero-order chi connectivity index (χ0) is 16.7. The molecule has 1 aromatic rings. The van der Waals surface area contributed by atoms with Crippen LogP contribution in [0, 0.1) is 12.7 Å². The first-order valence-corrected chi connectivity index (χ1v) is 7.57. The Balaban J connectivity index is 3.11. The summed E-state index contributed by atoms with van der Waals surface area (Å²) in [6, 6.07) is 3.82. The van der Waals surface area contributed by atoms with Gasteiger partial charge in [-0.2, -0.15) is 0 Å². The number of nitrogens with zero attached hydrogens (tertiary/aromatic N) is 2. The van der Waals surface area contributed by atoms with Gasteiger partial charge in [0.15, 0.2) is 0 Å². The summed E-state index contributed by atoms with van der Waals surface area (Å²) in [5.41, 5.74) is 4.85. The van der Waals surface area contributed by atoms with E-state index in [9.17, 15) is 4.39 Å². The SMILES string of the molecule is C/C=C\N=C(C)C(C)=N/C=C(\C)c1ccc(CC)c(C)c1F. The van der Waals surface area contributed by atoms with E-state index < -0.39 is 0 Å². The van der Waals surface area contributed by atoms with Crippen LogP contribution in [0.5, 0.6) is 0 Å². The van der Waals surface area contributed by atoms with Crippen LogP contribution in [-0.4, -0.2) is 11.4 Å². The van der Waals surface area contributed by atoms with E-state index in [-0.39, 0.29) is 5.82 Å². The number of aliphatic imine (C=N–C) groups is 2. The van der Waals surface area contributed by atoms with Gasteiger partial charge in [0.05, 0.1) is 11.4 Å². The molecule has 0 aliphatic rings. The Morgan fingerprint density at radius 2 is 1.77 bits per heavy atom. The van der Waals surface area contributed by atoms with E-state index >= 15 is 0 Å². The minimum atomic E-state index is -0.153. The van der Waals surface area contributed by atoms with Crippen molar-refractivity contribution in [3.05, 3.63) is 53.1 Å². The van der Waals surface area contributed by atoms with Crippen LogP contribution in [-0.2, 0) is 6.42 Å². The summed E-state index contributed by atoms with van der Waals surface area (Å²) in [7, 11) is 0. The summed E-state index contributed by atoms with van der Waals surface area (Å²) in [6.07, 6.45) is 6.14. The molecule has 0 saturated carbocycles. The Morgan fingerprint density at radius 1 is 1.14 bits per heavy atom. The second-order valence-corrected chi connectivity index (χ2v) is 5.29. The lowest BCUT2D eigenvalue weighted by Crippen LogP contribution is -2.04. The first kappa shape index (κ1) is 18.0. The number of rotatable bonds is 5. The number of benzene rings is 1. The highest BCUT2D eigenvalue weighted by molar-refractivity contribution is 6.40. The fraction of sp³-hybridized carbons (Fsp3) is 0.368. The maximum absolute atomic E-state index is 14.4. The zero-order valence-electron chi connectivity index (χ0n) is 14.4. The molecule has 0 bridgehead atoms. The molecule has 0 N–H and O–H groups in total. The maximum Gasteiger partial charge on any atom is 0.133 e. The maximum atomic E-state index is 14.4. The van der Waals surface area contributed by atoms with Gasteiger partial charge < -0.3 is 0 Å². The largest absolute Gasteiger partial charge is 0.260 e. The lowest BCUT2D eigenvalue weighted by molar-refractivity contribution is 0.611. The van der Waals surface area contributed by atoms with Gasteiger partial charge in [-0.25, -0.2) is 4.39 Å². The quantitative estimate of drug-likeness (QED) is 0.640. The van der Waals surface area contributed by atoms with Crippen molar-refractivity contribution in [1.82, 2.24) is 0 Å². The number of allylic oxidation sites excluding steroid dienone is 2. The highest BCUT2D eigenvalue weighted by Gasteiger charge is 2.10. The van der Waals surface area contributed by atoms with E-state index in [0.29, 0.717) is 5.56 Å². The van der Waals surface area contributed by atoms with Gasteiger partial charge in [-0.05, 0) is 57.7 Å². The molecule has 0 aliphatic heterocycles. The van der Waals surface area contributed by atoms with Crippen LogP contribution in [0.25, 0.3) is 5.57 Å². The third-order valence-electron chi connectivity index (χ3n) is 3.70. The summed E-state index contributed by atoms with van der Waals surface area (Å²) in [6.45, 7) is 11.5. The first-order chi connectivity index (χ1) is 10.4. The minimum absolute atomic E-state index is 0.153.